The molecule has 0 spiro atoms. The Morgan fingerprint density at radius 2 is 1.84 bits per heavy atom. The van der Waals surface area contributed by atoms with E-state index in [9.17, 15) is 0 Å². The van der Waals surface area contributed by atoms with Crippen molar-refractivity contribution in [3.63, 3.8) is 0 Å². The molecule has 96 valence electrons. The molecular formula is C15H16N4. The number of fused-ring (bicyclic) bond motifs is 1. The van der Waals surface area contributed by atoms with Gasteiger partial charge in [0.2, 0.25) is 0 Å². The molecule has 0 aliphatic carbocycles. The van der Waals surface area contributed by atoms with Gasteiger partial charge >= 0.3 is 0 Å². The van der Waals surface area contributed by atoms with Crippen molar-refractivity contribution in [2.45, 2.75) is 26.3 Å². The van der Waals surface area contributed by atoms with Crippen LogP contribution in [0.1, 0.15) is 20.8 Å². The maximum atomic E-state index is 4.50. The van der Waals surface area contributed by atoms with Gasteiger partial charge in [0.25, 0.3) is 0 Å². The molecule has 3 rings (SSSR count). The normalized spacial score (nSPS) is 11.9. The van der Waals surface area contributed by atoms with Crippen molar-refractivity contribution in [2.24, 2.45) is 0 Å². The summed E-state index contributed by atoms with van der Waals surface area (Å²) in [6.07, 6.45) is 3.58. The molecule has 1 aromatic carbocycles. The van der Waals surface area contributed by atoms with Gasteiger partial charge in [-0.1, -0.05) is 24.3 Å². The lowest BCUT2D eigenvalue weighted by Crippen LogP contribution is -2.22. The summed E-state index contributed by atoms with van der Waals surface area (Å²) in [5.74, 6) is 0.810. The first kappa shape index (κ1) is 11.8. The molecule has 0 atom stereocenters. The maximum absolute atomic E-state index is 4.50. The molecule has 2 heterocycles. The Morgan fingerprint density at radius 1 is 1.05 bits per heavy atom. The van der Waals surface area contributed by atoms with E-state index in [0.717, 1.165) is 22.3 Å². The number of hydrogen-bond donors (Lipinski definition) is 0. The molecule has 3 aromatic rings. The molecular weight excluding hydrogens is 236 g/mol. The van der Waals surface area contributed by atoms with Crippen LogP contribution in [0.5, 0.6) is 0 Å². The molecule has 19 heavy (non-hydrogen) atoms. The van der Waals surface area contributed by atoms with Crippen LogP contribution in [-0.4, -0.2) is 19.7 Å². The standard InChI is InChI=1S/C15H16N4/c1-15(2,3)19-10-17-18-14(19)13-12-7-5-4-6-11(12)8-9-16-13/h4-10H,1-3H3. The van der Waals surface area contributed by atoms with Gasteiger partial charge in [0.15, 0.2) is 5.82 Å². The van der Waals surface area contributed by atoms with Gasteiger partial charge in [0, 0.05) is 17.1 Å². The third-order valence-electron chi connectivity index (χ3n) is 3.16. The second kappa shape index (κ2) is 4.16. The molecule has 0 saturated carbocycles. The van der Waals surface area contributed by atoms with E-state index >= 15 is 0 Å². The molecule has 0 N–H and O–H groups in total. The highest BCUT2D eigenvalue weighted by atomic mass is 15.3. The highest BCUT2D eigenvalue weighted by Gasteiger charge is 2.20. The molecule has 4 heteroatoms. The van der Waals surface area contributed by atoms with E-state index < -0.39 is 0 Å². The third-order valence-corrected chi connectivity index (χ3v) is 3.16. The second-order valence-electron chi connectivity index (χ2n) is 5.58. The van der Waals surface area contributed by atoms with Crippen LogP contribution in [0.15, 0.2) is 42.9 Å². The minimum absolute atomic E-state index is 0.0720. The molecule has 4 nitrogen and oxygen atoms in total. The van der Waals surface area contributed by atoms with E-state index in [1.165, 1.54) is 0 Å². The van der Waals surface area contributed by atoms with Crippen LogP contribution in [0.25, 0.3) is 22.3 Å². The largest absolute Gasteiger partial charge is 0.307 e. The van der Waals surface area contributed by atoms with Crippen molar-refractivity contribution >= 4 is 10.8 Å². The average molecular weight is 252 g/mol. The van der Waals surface area contributed by atoms with Crippen LogP contribution in [0.2, 0.25) is 0 Å². The first-order valence-corrected chi connectivity index (χ1v) is 6.32. The Labute approximate surface area is 112 Å². The molecule has 0 saturated heterocycles. The SMILES string of the molecule is CC(C)(C)n1cnnc1-c1nccc2ccccc12. The zero-order valence-electron chi connectivity index (χ0n) is 11.3. The first-order valence-electron chi connectivity index (χ1n) is 6.32. The van der Waals surface area contributed by atoms with Crippen LogP contribution in [0, 0.1) is 0 Å². The smallest absolute Gasteiger partial charge is 0.183 e. The van der Waals surface area contributed by atoms with E-state index in [0.29, 0.717) is 0 Å². The van der Waals surface area contributed by atoms with Crippen LogP contribution in [0.4, 0.5) is 0 Å². The van der Waals surface area contributed by atoms with E-state index in [1.807, 2.05) is 24.4 Å². The molecule has 0 unspecified atom stereocenters. The highest BCUT2D eigenvalue weighted by molar-refractivity contribution is 5.92. The average Bonchev–Trinajstić information content (AvgIpc) is 2.87. The number of hydrogen-bond acceptors (Lipinski definition) is 3. The van der Waals surface area contributed by atoms with Crippen molar-refractivity contribution in [2.75, 3.05) is 0 Å². The van der Waals surface area contributed by atoms with Crippen molar-refractivity contribution in [3.8, 4) is 11.5 Å². The number of aromatic nitrogens is 4. The van der Waals surface area contributed by atoms with Crippen molar-refractivity contribution in [1.29, 1.82) is 0 Å². The zero-order valence-corrected chi connectivity index (χ0v) is 11.3. The van der Waals surface area contributed by atoms with E-state index in [4.69, 9.17) is 0 Å². The van der Waals surface area contributed by atoms with Gasteiger partial charge in [-0.3, -0.25) is 4.98 Å². The van der Waals surface area contributed by atoms with E-state index in [1.54, 1.807) is 6.33 Å². The summed E-state index contributed by atoms with van der Waals surface area (Å²) < 4.78 is 2.06. The predicted molar refractivity (Wildman–Crippen MR) is 75.8 cm³/mol. The molecule has 0 aliphatic heterocycles. The Hall–Kier alpha value is -2.23. The van der Waals surface area contributed by atoms with Crippen LogP contribution in [0.3, 0.4) is 0 Å². The van der Waals surface area contributed by atoms with Gasteiger partial charge in [-0.05, 0) is 32.2 Å². The fourth-order valence-corrected chi connectivity index (χ4v) is 2.19. The lowest BCUT2D eigenvalue weighted by Gasteiger charge is -2.22. The van der Waals surface area contributed by atoms with Crippen LogP contribution in [-0.2, 0) is 5.54 Å². The fraction of sp³-hybridized carbons (Fsp3) is 0.267. The maximum Gasteiger partial charge on any atom is 0.183 e. The summed E-state index contributed by atoms with van der Waals surface area (Å²) in [5, 5.41) is 10.6. The number of benzene rings is 1. The fourth-order valence-electron chi connectivity index (χ4n) is 2.19. The molecule has 0 amide bonds. The summed E-state index contributed by atoms with van der Waals surface area (Å²) in [6.45, 7) is 6.39. The van der Waals surface area contributed by atoms with Crippen LogP contribution < -0.4 is 0 Å². The van der Waals surface area contributed by atoms with Gasteiger partial charge in [-0.2, -0.15) is 0 Å². The number of nitrogens with zero attached hydrogens (tertiary/aromatic N) is 4. The summed E-state index contributed by atoms with van der Waals surface area (Å²) in [6, 6.07) is 10.2. The third kappa shape index (κ3) is 1.99. The Morgan fingerprint density at radius 3 is 2.63 bits per heavy atom. The zero-order chi connectivity index (χ0) is 13.5. The Kier molecular flexibility index (Phi) is 2.59. The van der Waals surface area contributed by atoms with Gasteiger partial charge < -0.3 is 4.57 Å². The molecule has 0 bridgehead atoms. The molecule has 0 fully saturated rings. The quantitative estimate of drug-likeness (QED) is 0.667. The minimum atomic E-state index is -0.0720. The first-order chi connectivity index (χ1) is 9.07. The second-order valence-corrected chi connectivity index (χ2v) is 5.58. The number of pyridine rings is 1. The summed E-state index contributed by atoms with van der Waals surface area (Å²) in [4.78, 5) is 4.50. The van der Waals surface area contributed by atoms with Gasteiger partial charge in [-0.25, -0.2) is 0 Å². The lowest BCUT2D eigenvalue weighted by molar-refractivity contribution is 0.399. The Balaban J connectivity index is 2.29. The van der Waals surface area contributed by atoms with Crippen molar-refractivity contribution in [3.05, 3.63) is 42.9 Å². The number of rotatable bonds is 1. The monoisotopic (exact) mass is 252 g/mol. The van der Waals surface area contributed by atoms with Crippen molar-refractivity contribution < 1.29 is 0 Å². The molecule has 2 aromatic heterocycles. The van der Waals surface area contributed by atoms with E-state index in [2.05, 4.69) is 52.7 Å². The minimum Gasteiger partial charge on any atom is -0.307 e. The summed E-state index contributed by atoms with van der Waals surface area (Å²) >= 11 is 0. The lowest BCUT2D eigenvalue weighted by atomic mass is 10.1. The topological polar surface area (TPSA) is 43.6 Å². The van der Waals surface area contributed by atoms with Gasteiger partial charge in [0.05, 0.1) is 0 Å². The van der Waals surface area contributed by atoms with Crippen LogP contribution >= 0.6 is 0 Å². The van der Waals surface area contributed by atoms with Gasteiger partial charge in [-0.15, -0.1) is 10.2 Å². The summed E-state index contributed by atoms with van der Waals surface area (Å²) in [7, 11) is 0. The molecule has 0 aliphatic rings. The highest BCUT2D eigenvalue weighted by Crippen LogP contribution is 2.27. The van der Waals surface area contributed by atoms with E-state index in [-0.39, 0.29) is 5.54 Å². The van der Waals surface area contributed by atoms with Crippen molar-refractivity contribution in [1.82, 2.24) is 19.7 Å². The molecule has 0 radical (unpaired) electrons. The Bertz CT molecular complexity index is 717. The van der Waals surface area contributed by atoms with Gasteiger partial charge in [0.1, 0.15) is 12.0 Å². The predicted octanol–water partition coefficient (Wildman–Crippen LogP) is 3.25. The summed E-state index contributed by atoms with van der Waals surface area (Å²) in [5.41, 5.74) is 0.808.